The van der Waals surface area contributed by atoms with Crippen LogP contribution in [0.2, 0.25) is 5.02 Å². The highest BCUT2D eigenvalue weighted by atomic mass is 35.5. The Morgan fingerprint density at radius 3 is 2.30 bits per heavy atom. The minimum Gasteiger partial charge on any atom is -0.496 e. The number of nitrogens with one attached hydrogen (secondary N) is 1. The first-order chi connectivity index (χ1) is 12.7. The normalized spacial score (nSPS) is 13.2. The SMILES string of the molecule is COc1cc(C)c([C@H](C)NC(=O)[C@H](C)Oc2ccccc2Cl)cc1C(C)C. The fourth-order valence-corrected chi connectivity index (χ4v) is 3.18. The van der Waals surface area contributed by atoms with Gasteiger partial charge in [0.05, 0.1) is 18.2 Å². The van der Waals surface area contributed by atoms with E-state index in [1.54, 1.807) is 26.2 Å². The van der Waals surface area contributed by atoms with Crippen LogP contribution in [0.15, 0.2) is 36.4 Å². The highest BCUT2D eigenvalue weighted by Gasteiger charge is 2.21. The van der Waals surface area contributed by atoms with Crippen molar-refractivity contribution < 1.29 is 14.3 Å². The third-order valence-corrected chi connectivity index (χ3v) is 4.89. The van der Waals surface area contributed by atoms with Crippen molar-refractivity contribution >= 4 is 17.5 Å². The first-order valence-corrected chi connectivity index (χ1v) is 9.52. The number of benzene rings is 2. The van der Waals surface area contributed by atoms with Gasteiger partial charge in [-0.25, -0.2) is 0 Å². The number of amides is 1. The van der Waals surface area contributed by atoms with Crippen molar-refractivity contribution in [2.75, 3.05) is 7.11 Å². The van der Waals surface area contributed by atoms with Gasteiger partial charge in [0.2, 0.25) is 0 Å². The van der Waals surface area contributed by atoms with Gasteiger partial charge < -0.3 is 14.8 Å². The highest BCUT2D eigenvalue weighted by Crippen LogP contribution is 2.32. The fraction of sp³-hybridized carbons (Fsp3) is 0.409. The van der Waals surface area contributed by atoms with E-state index in [1.165, 1.54) is 0 Å². The molecular weight excluding hydrogens is 362 g/mol. The van der Waals surface area contributed by atoms with Gasteiger partial charge in [0.25, 0.3) is 5.91 Å². The molecule has 0 aromatic heterocycles. The molecule has 0 aliphatic rings. The molecule has 0 spiro atoms. The van der Waals surface area contributed by atoms with Crippen LogP contribution >= 0.6 is 11.6 Å². The average molecular weight is 390 g/mol. The average Bonchev–Trinajstić information content (AvgIpc) is 2.62. The summed E-state index contributed by atoms with van der Waals surface area (Å²) >= 11 is 6.10. The molecule has 2 aromatic rings. The standard InChI is InChI=1S/C22H28ClNO3/c1-13(2)17-12-18(14(3)11-21(17)26-6)15(4)24-22(25)16(5)27-20-10-8-7-9-19(20)23/h7-13,15-16H,1-6H3,(H,24,25)/t15-,16-/m0/s1. The summed E-state index contributed by atoms with van der Waals surface area (Å²) in [5.74, 6) is 1.51. The van der Waals surface area contributed by atoms with E-state index in [4.69, 9.17) is 21.1 Å². The van der Waals surface area contributed by atoms with E-state index in [-0.39, 0.29) is 11.9 Å². The number of ether oxygens (including phenoxy) is 2. The minimum absolute atomic E-state index is 0.154. The van der Waals surface area contributed by atoms with Crippen LogP contribution in [0.5, 0.6) is 11.5 Å². The number of halogens is 1. The Balaban J connectivity index is 2.14. The summed E-state index contributed by atoms with van der Waals surface area (Å²) < 4.78 is 11.2. The molecule has 5 heteroatoms. The smallest absolute Gasteiger partial charge is 0.261 e. The quantitative estimate of drug-likeness (QED) is 0.687. The van der Waals surface area contributed by atoms with Crippen LogP contribution in [0, 0.1) is 6.92 Å². The van der Waals surface area contributed by atoms with Crippen molar-refractivity contribution in [1.29, 1.82) is 0 Å². The monoisotopic (exact) mass is 389 g/mol. The number of hydrogen-bond acceptors (Lipinski definition) is 3. The van der Waals surface area contributed by atoms with Gasteiger partial charge in [-0.2, -0.15) is 0 Å². The van der Waals surface area contributed by atoms with E-state index in [0.717, 1.165) is 22.4 Å². The second kappa shape index (κ2) is 9.14. The Hall–Kier alpha value is -2.20. The fourth-order valence-electron chi connectivity index (χ4n) is 3.00. The van der Waals surface area contributed by atoms with Gasteiger partial charge in [0.15, 0.2) is 6.10 Å². The van der Waals surface area contributed by atoms with E-state index >= 15 is 0 Å². The summed E-state index contributed by atoms with van der Waals surface area (Å²) in [7, 11) is 1.68. The van der Waals surface area contributed by atoms with Crippen LogP contribution in [0.3, 0.4) is 0 Å². The van der Waals surface area contributed by atoms with Crippen LogP contribution in [-0.4, -0.2) is 19.1 Å². The maximum Gasteiger partial charge on any atom is 0.261 e. The van der Waals surface area contributed by atoms with Crippen LogP contribution in [0.25, 0.3) is 0 Å². The Morgan fingerprint density at radius 2 is 1.70 bits per heavy atom. The maximum atomic E-state index is 12.6. The number of methoxy groups -OCH3 is 1. The van der Waals surface area contributed by atoms with E-state index in [1.807, 2.05) is 32.0 Å². The van der Waals surface area contributed by atoms with Crippen molar-refractivity contribution in [1.82, 2.24) is 5.32 Å². The maximum absolute atomic E-state index is 12.6. The molecule has 0 bridgehead atoms. The van der Waals surface area contributed by atoms with Crippen LogP contribution in [0.4, 0.5) is 0 Å². The van der Waals surface area contributed by atoms with Crippen molar-refractivity contribution in [3.8, 4) is 11.5 Å². The van der Waals surface area contributed by atoms with E-state index in [9.17, 15) is 4.79 Å². The Labute approximate surface area is 166 Å². The Kier molecular flexibility index (Phi) is 7.14. The van der Waals surface area contributed by atoms with Gasteiger partial charge in [-0.3, -0.25) is 4.79 Å². The first-order valence-electron chi connectivity index (χ1n) is 9.14. The van der Waals surface area contributed by atoms with Crippen molar-refractivity contribution in [3.05, 3.63) is 58.1 Å². The molecule has 0 radical (unpaired) electrons. The predicted octanol–water partition coefficient (Wildman–Crippen LogP) is 5.43. The Morgan fingerprint density at radius 1 is 1.04 bits per heavy atom. The molecule has 0 heterocycles. The van der Waals surface area contributed by atoms with Gasteiger partial charge in [0.1, 0.15) is 11.5 Å². The van der Waals surface area contributed by atoms with Crippen LogP contribution in [-0.2, 0) is 4.79 Å². The molecule has 0 fully saturated rings. The lowest BCUT2D eigenvalue weighted by Gasteiger charge is -2.23. The molecule has 0 unspecified atom stereocenters. The topological polar surface area (TPSA) is 47.6 Å². The summed E-state index contributed by atoms with van der Waals surface area (Å²) in [5, 5.41) is 3.52. The first kappa shape index (κ1) is 21.1. The molecule has 0 aliphatic heterocycles. The zero-order chi connectivity index (χ0) is 20.1. The highest BCUT2D eigenvalue weighted by molar-refractivity contribution is 6.32. The van der Waals surface area contributed by atoms with Crippen molar-refractivity contribution in [2.45, 2.75) is 52.7 Å². The number of carbonyl (C=O) groups excluding carboxylic acids is 1. The van der Waals surface area contributed by atoms with Gasteiger partial charge in [-0.15, -0.1) is 0 Å². The molecule has 2 atom stereocenters. The number of para-hydroxylation sites is 1. The molecule has 4 nitrogen and oxygen atoms in total. The molecule has 2 rings (SSSR count). The number of aryl methyl sites for hydroxylation is 1. The molecule has 27 heavy (non-hydrogen) atoms. The van der Waals surface area contributed by atoms with Gasteiger partial charge in [-0.05, 0) is 67.6 Å². The lowest BCUT2D eigenvalue weighted by atomic mass is 9.93. The third kappa shape index (κ3) is 5.16. The second-order valence-corrected chi connectivity index (χ2v) is 7.43. The Bertz CT molecular complexity index is 804. The van der Waals surface area contributed by atoms with Crippen molar-refractivity contribution in [2.24, 2.45) is 0 Å². The van der Waals surface area contributed by atoms with Crippen LogP contribution in [0.1, 0.15) is 56.3 Å². The largest absolute Gasteiger partial charge is 0.496 e. The molecular formula is C22H28ClNO3. The number of rotatable bonds is 7. The molecule has 0 saturated heterocycles. The summed E-state index contributed by atoms with van der Waals surface area (Å²) in [5.41, 5.74) is 3.26. The summed E-state index contributed by atoms with van der Waals surface area (Å²) in [4.78, 5) is 12.6. The number of hydrogen-bond donors (Lipinski definition) is 1. The lowest BCUT2D eigenvalue weighted by Crippen LogP contribution is -2.38. The van der Waals surface area contributed by atoms with E-state index < -0.39 is 6.10 Å². The van der Waals surface area contributed by atoms with Crippen LogP contribution < -0.4 is 14.8 Å². The molecule has 0 saturated carbocycles. The minimum atomic E-state index is -0.657. The molecule has 146 valence electrons. The zero-order valence-electron chi connectivity index (χ0n) is 16.8. The predicted molar refractivity (Wildman–Crippen MR) is 110 cm³/mol. The van der Waals surface area contributed by atoms with Gasteiger partial charge in [-0.1, -0.05) is 37.6 Å². The molecule has 2 aromatic carbocycles. The zero-order valence-corrected chi connectivity index (χ0v) is 17.6. The molecule has 1 N–H and O–H groups in total. The number of carbonyl (C=O) groups is 1. The third-order valence-electron chi connectivity index (χ3n) is 4.58. The van der Waals surface area contributed by atoms with Gasteiger partial charge in [0, 0.05) is 0 Å². The molecule has 0 aliphatic carbocycles. The molecule has 1 amide bonds. The van der Waals surface area contributed by atoms with Gasteiger partial charge >= 0.3 is 0 Å². The summed E-state index contributed by atoms with van der Waals surface area (Å²) in [6.45, 7) is 9.96. The van der Waals surface area contributed by atoms with Crippen molar-refractivity contribution in [3.63, 3.8) is 0 Å². The summed E-state index contributed by atoms with van der Waals surface area (Å²) in [6.07, 6.45) is -0.657. The second-order valence-electron chi connectivity index (χ2n) is 7.03. The lowest BCUT2D eigenvalue weighted by molar-refractivity contribution is -0.127. The van der Waals surface area contributed by atoms with E-state index in [2.05, 4.69) is 25.2 Å². The summed E-state index contributed by atoms with van der Waals surface area (Å²) in [6, 6.07) is 11.1. The van der Waals surface area contributed by atoms with E-state index in [0.29, 0.717) is 16.7 Å².